The number of carbonyl (C=O) groups is 1. The van der Waals surface area contributed by atoms with Crippen molar-refractivity contribution in [1.82, 2.24) is 19.8 Å². The molecule has 0 aromatic carbocycles. The second-order valence-electron chi connectivity index (χ2n) is 6.45. The van der Waals surface area contributed by atoms with Gasteiger partial charge in [0, 0.05) is 25.4 Å². The van der Waals surface area contributed by atoms with Crippen molar-refractivity contribution in [3.63, 3.8) is 0 Å². The highest BCUT2D eigenvalue weighted by molar-refractivity contribution is 5.92. The second-order valence-corrected chi connectivity index (χ2v) is 6.45. The lowest BCUT2D eigenvalue weighted by atomic mass is 10.2. The van der Waals surface area contributed by atoms with Crippen LogP contribution in [0.1, 0.15) is 41.1 Å². The molecule has 0 aliphatic heterocycles. The third kappa shape index (κ3) is 5.07. The molecule has 0 saturated heterocycles. The van der Waals surface area contributed by atoms with Gasteiger partial charge in [-0.25, -0.2) is 0 Å². The number of amides is 1. The molecule has 0 unspecified atom stereocenters. The predicted molar refractivity (Wildman–Crippen MR) is 81.9 cm³/mol. The van der Waals surface area contributed by atoms with Gasteiger partial charge in [-0.3, -0.25) is 9.48 Å². The number of alkyl halides is 3. The summed E-state index contributed by atoms with van der Waals surface area (Å²) in [6, 6.07) is 1.47. The molecule has 0 N–H and O–H groups in total. The molecule has 0 bridgehead atoms. The average molecular weight is 356 g/mol. The third-order valence-corrected chi connectivity index (χ3v) is 3.99. The molecule has 1 aliphatic carbocycles. The summed E-state index contributed by atoms with van der Waals surface area (Å²) in [6.07, 6.45) is 0.0679. The number of rotatable bonds is 7. The van der Waals surface area contributed by atoms with Crippen LogP contribution < -0.4 is 0 Å². The summed E-state index contributed by atoms with van der Waals surface area (Å²) in [4.78, 5) is 13.7. The fourth-order valence-corrected chi connectivity index (χ4v) is 2.51. The summed E-state index contributed by atoms with van der Waals surface area (Å²) in [7, 11) is 0. The van der Waals surface area contributed by atoms with Gasteiger partial charge < -0.3 is 9.42 Å². The van der Waals surface area contributed by atoms with E-state index in [-0.39, 0.29) is 18.2 Å². The van der Waals surface area contributed by atoms with Crippen LogP contribution in [-0.4, -0.2) is 45.0 Å². The normalized spacial score (nSPS) is 14.7. The van der Waals surface area contributed by atoms with E-state index in [4.69, 9.17) is 4.52 Å². The summed E-state index contributed by atoms with van der Waals surface area (Å²) < 4.78 is 44.3. The zero-order chi connectivity index (χ0) is 18.0. The Morgan fingerprint density at radius 3 is 2.80 bits per heavy atom. The monoisotopic (exact) mass is 356 g/mol. The van der Waals surface area contributed by atoms with Gasteiger partial charge in [-0.2, -0.15) is 18.3 Å². The molecule has 25 heavy (non-hydrogen) atoms. The van der Waals surface area contributed by atoms with Gasteiger partial charge in [0.2, 0.25) is 0 Å². The van der Waals surface area contributed by atoms with Crippen molar-refractivity contribution < 1.29 is 22.5 Å². The Kier molecular flexibility index (Phi) is 4.82. The smallest absolute Gasteiger partial charge is 0.359 e. The number of carbonyl (C=O) groups excluding carboxylic acids is 1. The molecule has 0 radical (unpaired) electrons. The Bertz CT molecular complexity index is 734. The molecular formula is C16H19F3N4O2. The van der Waals surface area contributed by atoms with Gasteiger partial charge in [-0.15, -0.1) is 0 Å². The van der Waals surface area contributed by atoms with Gasteiger partial charge in [-0.05, 0) is 31.2 Å². The summed E-state index contributed by atoms with van der Waals surface area (Å²) in [6.45, 7) is 2.17. The first-order valence-electron chi connectivity index (χ1n) is 8.11. The minimum Gasteiger partial charge on any atom is -0.359 e. The maximum Gasteiger partial charge on any atom is 0.390 e. The number of hydrogen-bond acceptors (Lipinski definition) is 4. The molecule has 136 valence electrons. The Hall–Kier alpha value is -2.32. The molecule has 9 heteroatoms. The van der Waals surface area contributed by atoms with Crippen molar-refractivity contribution in [2.75, 3.05) is 13.1 Å². The van der Waals surface area contributed by atoms with Crippen LogP contribution in [0.5, 0.6) is 0 Å². The van der Waals surface area contributed by atoms with Gasteiger partial charge >= 0.3 is 6.18 Å². The molecule has 1 amide bonds. The summed E-state index contributed by atoms with van der Waals surface area (Å²) >= 11 is 0. The third-order valence-electron chi connectivity index (χ3n) is 3.99. The van der Waals surface area contributed by atoms with Crippen molar-refractivity contribution in [2.45, 2.75) is 38.9 Å². The van der Waals surface area contributed by atoms with E-state index in [1.54, 1.807) is 10.9 Å². The quantitative estimate of drug-likeness (QED) is 0.765. The fourth-order valence-electron chi connectivity index (χ4n) is 2.51. The largest absolute Gasteiger partial charge is 0.390 e. The highest BCUT2D eigenvalue weighted by atomic mass is 19.4. The first-order chi connectivity index (χ1) is 11.8. The minimum absolute atomic E-state index is 0.0294. The van der Waals surface area contributed by atoms with E-state index >= 15 is 0 Å². The predicted octanol–water partition coefficient (Wildman–Crippen LogP) is 3.03. The van der Waals surface area contributed by atoms with E-state index < -0.39 is 18.5 Å². The van der Waals surface area contributed by atoms with Crippen molar-refractivity contribution in [3.8, 4) is 0 Å². The molecule has 1 fully saturated rings. The van der Waals surface area contributed by atoms with Gasteiger partial charge in [0.25, 0.3) is 5.91 Å². The Morgan fingerprint density at radius 2 is 2.20 bits per heavy atom. The van der Waals surface area contributed by atoms with Crippen LogP contribution in [0.25, 0.3) is 0 Å². The van der Waals surface area contributed by atoms with Crippen LogP contribution >= 0.6 is 0 Å². The van der Waals surface area contributed by atoms with Crippen LogP contribution in [0.3, 0.4) is 0 Å². The minimum atomic E-state index is -4.30. The maximum atomic E-state index is 12.5. The summed E-state index contributed by atoms with van der Waals surface area (Å²) in [5, 5.41) is 7.84. The van der Waals surface area contributed by atoms with E-state index in [2.05, 4.69) is 10.3 Å². The van der Waals surface area contributed by atoms with E-state index in [0.717, 1.165) is 18.4 Å². The Labute approximate surface area is 142 Å². The van der Waals surface area contributed by atoms with E-state index in [9.17, 15) is 18.0 Å². The first kappa shape index (κ1) is 17.5. The topological polar surface area (TPSA) is 64.2 Å². The van der Waals surface area contributed by atoms with Gasteiger partial charge in [0.05, 0.1) is 12.6 Å². The second kappa shape index (κ2) is 6.89. The molecule has 0 spiro atoms. The molecule has 1 aliphatic rings. The van der Waals surface area contributed by atoms with Crippen molar-refractivity contribution in [1.29, 1.82) is 0 Å². The van der Waals surface area contributed by atoms with Crippen molar-refractivity contribution in [3.05, 3.63) is 35.5 Å². The number of halogens is 3. The molecule has 1 saturated carbocycles. The van der Waals surface area contributed by atoms with Crippen LogP contribution in [0.4, 0.5) is 13.2 Å². The Morgan fingerprint density at radius 1 is 1.44 bits per heavy atom. The lowest BCUT2D eigenvalue weighted by Gasteiger charge is -2.22. The molecule has 6 nitrogen and oxygen atoms in total. The van der Waals surface area contributed by atoms with E-state index in [0.29, 0.717) is 18.8 Å². The van der Waals surface area contributed by atoms with Crippen LogP contribution in [-0.2, 0) is 6.54 Å². The Balaban J connectivity index is 1.66. The van der Waals surface area contributed by atoms with Crippen molar-refractivity contribution >= 4 is 5.91 Å². The molecule has 0 atom stereocenters. The lowest BCUT2D eigenvalue weighted by molar-refractivity contribution is -0.136. The van der Waals surface area contributed by atoms with Gasteiger partial charge in [-0.1, -0.05) is 5.16 Å². The van der Waals surface area contributed by atoms with Crippen LogP contribution in [0.15, 0.2) is 23.0 Å². The standard InChI is InChI=1S/C16H19F3N4O2/c1-11-7-20-23(8-11)10-13-6-14(21-25-13)15(24)22(9-12-2-3-12)5-4-16(17,18)19/h6-8,12H,2-5,9-10H2,1H3. The van der Waals surface area contributed by atoms with Gasteiger partial charge in [0.1, 0.15) is 6.54 Å². The SMILES string of the molecule is Cc1cnn(Cc2cc(C(=O)N(CCC(F)(F)F)CC3CC3)no2)c1. The molecule has 2 aromatic rings. The van der Waals surface area contributed by atoms with Gasteiger partial charge in [0.15, 0.2) is 11.5 Å². The fraction of sp³-hybridized carbons (Fsp3) is 0.562. The van der Waals surface area contributed by atoms with Crippen LogP contribution in [0.2, 0.25) is 0 Å². The van der Waals surface area contributed by atoms with E-state index in [1.807, 2.05) is 13.1 Å². The van der Waals surface area contributed by atoms with Crippen LogP contribution in [0, 0.1) is 12.8 Å². The van der Waals surface area contributed by atoms with Crippen molar-refractivity contribution in [2.24, 2.45) is 5.92 Å². The zero-order valence-electron chi connectivity index (χ0n) is 13.8. The highest BCUT2D eigenvalue weighted by Gasteiger charge is 2.33. The molecule has 3 rings (SSSR count). The number of nitrogens with zero attached hydrogens (tertiary/aromatic N) is 4. The number of aromatic nitrogens is 3. The zero-order valence-corrected chi connectivity index (χ0v) is 13.8. The summed E-state index contributed by atoms with van der Waals surface area (Å²) in [5.74, 6) is 0.187. The number of hydrogen-bond donors (Lipinski definition) is 0. The average Bonchev–Trinajstić information content (AvgIpc) is 3.07. The molecule has 2 heterocycles. The lowest BCUT2D eigenvalue weighted by Crippen LogP contribution is -2.36. The first-order valence-corrected chi connectivity index (χ1v) is 8.11. The maximum absolute atomic E-state index is 12.5. The molecule has 2 aromatic heterocycles. The molecular weight excluding hydrogens is 337 g/mol. The summed E-state index contributed by atoms with van der Waals surface area (Å²) in [5.41, 5.74) is 1.01. The number of aryl methyl sites for hydroxylation is 1. The highest BCUT2D eigenvalue weighted by Crippen LogP contribution is 2.31. The van der Waals surface area contributed by atoms with E-state index in [1.165, 1.54) is 11.0 Å².